The van der Waals surface area contributed by atoms with Crippen molar-refractivity contribution >= 4 is 11.6 Å². The number of halogens is 4. The Labute approximate surface area is 159 Å². The van der Waals surface area contributed by atoms with Crippen LogP contribution >= 0.6 is 11.6 Å². The van der Waals surface area contributed by atoms with E-state index in [1.54, 1.807) is 18.2 Å². The molecular weight excluding hydrogens is 357 g/mol. The zero-order valence-electron chi connectivity index (χ0n) is 15.1. The SMILES string of the molecule is Fc1cc([C@H]2CC[C@H]([C@H]3CC[C@H](C=CCC(F)F)CC3)CC2)ccc1Cl. The third kappa shape index (κ3) is 5.28. The van der Waals surface area contributed by atoms with Crippen LogP contribution in [0.25, 0.3) is 0 Å². The third-order valence-electron chi connectivity index (χ3n) is 6.39. The normalized spacial score (nSPS) is 30.2. The molecule has 0 bridgehead atoms. The minimum absolute atomic E-state index is 0.116. The van der Waals surface area contributed by atoms with Gasteiger partial charge in [0.15, 0.2) is 0 Å². The first-order valence-electron chi connectivity index (χ1n) is 9.92. The van der Waals surface area contributed by atoms with Gasteiger partial charge >= 0.3 is 0 Å². The molecule has 2 aliphatic rings. The molecule has 0 saturated heterocycles. The zero-order chi connectivity index (χ0) is 18.5. The van der Waals surface area contributed by atoms with Crippen molar-refractivity contribution in [2.75, 3.05) is 0 Å². The van der Waals surface area contributed by atoms with Crippen LogP contribution in [0.4, 0.5) is 13.2 Å². The molecule has 0 heterocycles. The first-order valence-corrected chi connectivity index (χ1v) is 10.3. The van der Waals surface area contributed by atoms with Crippen LogP contribution in [0.5, 0.6) is 0 Å². The third-order valence-corrected chi connectivity index (χ3v) is 6.70. The van der Waals surface area contributed by atoms with Gasteiger partial charge in [0.2, 0.25) is 6.43 Å². The van der Waals surface area contributed by atoms with Crippen molar-refractivity contribution in [1.29, 1.82) is 0 Å². The summed E-state index contributed by atoms with van der Waals surface area (Å²) in [6.07, 6.45) is 10.7. The summed E-state index contributed by atoms with van der Waals surface area (Å²) in [6.45, 7) is 0. The van der Waals surface area contributed by atoms with Gasteiger partial charge in [-0.15, -0.1) is 0 Å². The van der Waals surface area contributed by atoms with Gasteiger partial charge in [-0.25, -0.2) is 13.2 Å². The fourth-order valence-electron chi connectivity index (χ4n) is 4.87. The number of hydrogen-bond acceptors (Lipinski definition) is 0. The van der Waals surface area contributed by atoms with Crippen molar-refractivity contribution < 1.29 is 13.2 Å². The molecule has 4 heteroatoms. The lowest BCUT2D eigenvalue weighted by atomic mass is 9.68. The Kier molecular flexibility index (Phi) is 7.08. The highest BCUT2D eigenvalue weighted by molar-refractivity contribution is 6.30. The number of alkyl halides is 2. The Balaban J connectivity index is 1.44. The lowest BCUT2D eigenvalue weighted by Gasteiger charge is -2.37. The number of allylic oxidation sites excluding steroid dienone is 2. The highest BCUT2D eigenvalue weighted by Crippen LogP contribution is 2.44. The molecule has 2 fully saturated rings. The lowest BCUT2D eigenvalue weighted by molar-refractivity contribution is 0.151. The van der Waals surface area contributed by atoms with Gasteiger partial charge in [0.25, 0.3) is 0 Å². The summed E-state index contributed by atoms with van der Waals surface area (Å²) in [7, 11) is 0. The molecular formula is C22H28ClF3. The van der Waals surface area contributed by atoms with E-state index in [1.165, 1.54) is 25.7 Å². The van der Waals surface area contributed by atoms with Crippen LogP contribution in [0.1, 0.15) is 69.3 Å². The van der Waals surface area contributed by atoms with Crippen molar-refractivity contribution in [3.05, 3.63) is 46.8 Å². The summed E-state index contributed by atoms with van der Waals surface area (Å²) in [5.41, 5.74) is 1.08. The van der Waals surface area contributed by atoms with Crippen molar-refractivity contribution in [2.24, 2.45) is 17.8 Å². The first kappa shape index (κ1) is 19.8. The van der Waals surface area contributed by atoms with E-state index in [-0.39, 0.29) is 17.3 Å². The quantitative estimate of drug-likeness (QED) is 0.455. The fraction of sp³-hybridized carbons (Fsp3) is 0.636. The predicted molar refractivity (Wildman–Crippen MR) is 101 cm³/mol. The maximum absolute atomic E-state index is 13.7. The maximum atomic E-state index is 13.7. The smallest absolute Gasteiger partial charge is 0.210 e. The summed E-state index contributed by atoms with van der Waals surface area (Å²) in [5.74, 6) is 2.17. The van der Waals surface area contributed by atoms with Crippen molar-refractivity contribution in [3.63, 3.8) is 0 Å². The van der Waals surface area contributed by atoms with E-state index >= 15 is 0 Å². The number of benzene rings is 1. The molecule has 0 aliphatic heterocycles. The van der Waals surface area contributed by atoms with Gasteiger partial charge < -0.3 is 0 Å². The molecule has 2 aliphatic carbocycles. The molecule has 0 N–H and O–H groups in total. The average Bonchev–Trinajstić information content (AvgIpc) is 2.64. The van der Waals surface area contributed by atoms with Crippen molar-refractivity contribution in [1.82, 2.24) is 0 Å². The second-order valence-electron chi connectivity index (χ2n) is 8.02. The van der Waals surface area contributed by atoms with E-state index in [0.717, 1.165) is 43.1 Å². The molecule has 0 atom stereocenters. The molecule has 0 aromatic heterocycles. The van der Waals surface area contributed by atoms with Gasteiger partial charge in [0, 0.05) is 6.42 Å². The molecule has 0 spiro atoms. The molecule has 2 saturated carbocycles. The molecule has 0 amide bonds. The Morgan fingerprint density at radius 1 is 0.962 bits per heavy atom. The van der Waals surface area contributed by atoms with E-state index < -0.39 is 6.43 Å². The van der Waals surface area contributed by atoms with E-state index in [2.05, 4.69) is 0 Å². The zero-order valence-corrected chi connectivity index (χ0v) is 15.9. The molecule has 1 aromatic carbocycles. The standard InChI is InChI=1S/C22H28ClF3/c23-20-13-12-19(14-21(20)24)18-10-8-17(9-11-18)16-6-4-15(5-7-16)2-1-3-22(25)26/h1-2,12-18,22H,3-11H2/t15-,16-,17-,18-. The summed E-state index contributed by atoms with van der Waals surface area (Å²) in [4.78, 5) is 0. The van der Waals surface area contributed by atoms with Gasteiger partial charge in [0.05, 0.1) is 5.02 Å². The Morgan fingerprint density at radius 3 is 2.15 bits per heavy atom. The van der Waals surface area contributed by atoms with Crippen LogP contribution in [0, 0.1) is 23.6 Å². The molecule has 0 nitrogen and oxygen atoms in total. The molecule has 1 aromatic rings. The highest BCUT2D eigenvalue weighted by Gasteiger charge is 2.30. The molecule has 26 heavy (non-hydrogen) atoms. The van der Waals surface area contributed by atoms with Gasteiger partial charge in [-0.3, -0.25) is 0 Å². The largest absolute Gasteiger partial charge is 0.242 e. The maximum Gasteiger partial charge on any atom is 0.242 e. The topological polar surface area (TPSA) is 0 Å². The van der Waals surface area contributed by atoms with Crippen LogP contribution in [0.2, 0.25) is 5.02 Å². The molecule has 3 rings (SSSR count). The van der Waals surface area contributed by atoms with Crippen LogP contribution in [-0.2, 0) is 0 Å². The average molecular weight is 385 g/mol. The van der Waals surface area contributed by atoms with Gasteiger partial charge in [0.1, 0.15) is 5.82 Å². The number of hydrogen-bond donors (Lipinski definition) is 0. The Morgan fingerprint density at radius 2 is 1.58 bits per heavy atom. The van der Waals surface area contributed by atoms with Gasteiger partial charge in [-0.05, 0) is 92.7 Å². The number of rotatable bonds is 5. The van der Waals surface area contributed by atoms with E-state index in [0.29, 0.717) is 11.8 Å². The molecule has 0 unspecified atom stereocenters. The molecule has 144 valence electrons. The lowest BCUT2D eigenvalue weighted by Crippen LogP contribution is -2.25. The van der Waals surface area contributed by atoms with Crippen LogP contribution < -0.4 is 0 Å². The van der Waals surface area contributed by atoms with Crippen LogP contribution in [0.3, 0.4) is 0 Å². The second-order valence-corrected chi connectivity index (χ2v) is 8.42. The Bertz CT molecular complexity index is 597. The Hall–Kier alpha value is -0.960. The summed E-state index contributed by atoms with van der Waals surface area (Å²) in [5, 5.41) is 0.196. The van der Waals surface area contributed by atoms with Crippen LogP contribution in [0.15, 0.2) is 30.4 Å². The second kappa shape index (κ2) is 9.30. The summed E-state index contributed by atoms with van der Waals surface area (Å²) < 4.78 is 38.1. The van der Waals surface area contributed by atoms with Crippen LogP contribution in [-0.4, -0.2) is 6.43 Å². The summed E-state index contributed by atoms with van der Waals surface area (Å²) >= 11 is 5.79. The minimum atomic E-state index is -2.23. The van der Waals surface area contributed by atoms with Gasteiger partial charge in [-0.1, -0.05) is 29.8 Å². The summed E-state index contributed by atoms with van der Waals surface area (Å²) in [6, 6.07) is 5.23. The van der Waals surface area contributed by atoms with Crippen molar-refractivity contribution in [3.8, 4) is 0 Å². The minimum Gasteiger partial charge on any atom is -0.210 e. The monoisotopic (exact) mass is 384 g/mol. The van der Waals surface area contributed by atoms with E-state index in [9.17, 15) is 13.2 Å². The van der Waals surface area contributed by atoms with E-state index in [4.69, 9.17) is 11.6 Å². The highest BCUT2D eigenvalue weighted by atomic mass is 35.5. The predicted octanol–water partition coefficient (Wildman–Crippen LogP) is 7.77. The van der Waals surface area contributed by atoms with E-state index in [1.807, 2.05) is 12.1 Å². The van der Waals surface area contributed by atoms with Crippen molar-refractivity contribution in [2.45, 2.75) is 70.1 Å². The molecule has 0 radical (unpaired) electrons. The van der Waals surface area contributed by atoms with Gasteiger partial charge in [-0.2, -0.15) is 0 Å². The first-order chi connectivity index (χ1) is 12.5. The fourth-order valence-corrected chi connectivity index (χ4v) is 4.99.